The minimum Gasteiger partial charge on any atom is -0.285 e. The molecule has 0 radical (unpaired) electrons. The number of nitrogens with zero attached hydrogens (tertiary/aromatic N) is 1. The molecule has 0 spiro atoms. The van der Waals surface area contributed by atoms with Gasteiger partial charge in [-0.3, -0.25) is 10.2 Å². The lowest BCUT2D eigenvalue weighted by Crippen LogP contribution is -2.36. The molecule has 3 nitrogen and oxygen atoms in total. The van der Waals surface area contributed by atoms with Crippen LogP contribution in [0.4, 0.5) is 0 Å². The van der Waals surface area contributed by atoms with Gasteiger partial charge >= 0.3 is 0 Å². The number of nitrogens with one attached hydrogen (secondary N) is 1. The number of benzene rings is 1. The van der Waals surface area contributed by atoms with E-state index in [1.165, 1.54) is 0 Å². The van der Waals surface area contributed by atoms with Crippen LogP contribution in [0.25, 0.3) is 0 Å². The monoisotopic (exact) mass is 204 g/mol. The standard InChI is InChI=1S/C12H16N2O/c1-4-7-10-8-5-6-9-11(10)12(15)13-14(2)3/h4-6,8-9H,1,7H2,2-3H3,(H,13,15). The van der Waals surface area contributed by atoms with Crippen molar-refractivity contribution in [2.75, 3.05) is 14.1 Å². The molecule has 0 aliphatic heterocycles. The van der Waals surface area contributed by atoms with E-state index in [9.17, 15) is 4.79 Å². The molecule has 1 amide bonds. The van der Waals surface area contributed by atoms with E-state index in [-0.39, 0.29) is 5.91 Å². The molecular formula is C12H16N2O. The zero-order valence-corrected chi connectivity index (χ0v) is 9.16. The molecule has 1 N–H and O–H groups in total. The highest BCUT2D eigenvalue weighted by molar-refractivity contribution is 5.95. The lowest BCUT2D eigenvalue weighted by Gasteiger charge is -2.13. The zero-order valence-electron chi connectivity index (χ0n) is 9.16. The molecule has 15 heavy (non-hydrogen) atoms. The Labute approximate surface area is 90.4 Å². The first-order valence-electron chi connectivity index (χ1n) is 4.82. The summed E-state index contributed by atoms with van der Waals surface area (Å²) in [5, 5.41) is 1.63. The predicted octanol–water partition coefficient (Wildman–Crippen LogP) is 1.62. The molecule has 3 heteroatoms. The Morgan fingerprint density at radius 1 is 1.47 bits per heavy atom. The molecule has 0 fully saturated rings. The van der Waals surface area contributed by atoms with Crippen molar-refractivity contribution in [1.29, 1.82) is 0 Å². The summed E-state index contributed by atoms with van der Waals surface area (Å²) in [6.07, 6.45) is 2.50. The van der Waals surface area contributed by atoms with Crippen molar-refractivity contribution >= 4 is 5.91 Å². The lowest BCUT2D eigenvalue weighted by atomic mass is 10.0. The van der Waals surface area contributed by atoms with Crippen LogP contribution in [0.3, 0.4) is 0 Å². The van der Waals surface area contributed by atoms with Crippen molar-refractivity contribution in [2.24, 2.45) is 0 Å². The summed E-state index contributed by atoms with van der Waals surface area (Å²) in [5.41, 5.74) is 4.41. The predicted molar refractivity (Wildman–Crippen MR) is 61.5 cm³/mol. The smallest absolute Gasteiger partial charge is 0.265 e. The van der Waals surface area contributed by atoms with Gasteiger partial charge in [0.05, 0.1) is 0 Å². The van der Waals surface area contributed by atoms with Gasteiger partial charge in [-0.1, -0.05) is 24.3 Å². The average molecular weight is 204 g/mol. The van der Waals surface area contributed by atoms with Crippen LogP contribution in [0.1, 0.15) is 15.9 Å². The Morgan fingerprint density at radius 3 is 2.73 bits per heavy atom. The molecule has 0 saturated heterocycles. The number of rotatable bonds is 4. The molecule has 0 atom stereocenters. The first-order valence-corrected chi connectivity index (χ1v) is 4.82. The third kappa shape index (κ3) is 3.22. The SMILES string of the molecule is C=CCc1ccccc1C(=O)NN(C)C. The number of hydrazine groups is 1. The molecule has 0 aliphatic carbocycles. The van der Waals surface area contributed by atoms with Crippen LogP contribution in [-0.4, -0.2) is 25.0 Å². The van der Waals surface area contributed by atoms with Crippen molar-refractivity contribution in [3.05, 3.63) is 48.0 Å². The lowest BCUT2D eigenvalue weighted by molar-refractivity contribution is 0.0856. The van der Waals surface area contributed by atoms with E-state index < -0.39 is 0 Å². The largest absolute Gasteiger partial charge is 0.285 e. The van der Waals surface area contributed by atoms with Gasteiger partial charge in [-0.2, -0.15) is 0 Å². The van der Waals surface area contributed by atoms with Crippen LogP contribution in [0.15, 0.2) is 36.9 Å². The van der Waals surface area contributed by atoms with E-state index in [1.54, 1.807) is 25.2 Å². The Balaban J connectivity index is 2.91. The summed E-state index contributed by atoms with van der Waals surface area (Å²) in [5.74, 6) is -0.0857. The third-order valence-corrected chi connectivity index (χ3v) is 1.95. The Morgan fingerprint density at radius 2 is 2.13 bits per heavy atom. The van der Waals surface area contributed by atoms with Gasteiger partial charge in [-0.25, -0.2) is 5.01 Å². The minimum atomic E-state index is -0.0857. The van der Waals surface area contributed by atoms with Gasteiger partial charge in [0.25, 0.3) is 5.91 Å². The van der Waals surface area contributed by atoms with Crippen molar-refractivity contribution in [1.82, 2.24) is 10.4 Å². The maximum atomic E-state index is 11.8. The fraction of sp³-hybridized carbons (Fsp3) is 0.250. The van der Waals surface area contributed by atoms with Crippen LogP contribution in [0.5, 0.6) is 0 Å². The van der Waals surface area contributed by atoms with E-state index in [4.69, 9.17) is 0 Å². The minimum absolute atomic E-state index is 0.0857. The molecule has 1 aromatic carbocycles. The molecule has 0 bridgehead atoms. The fourth-order valence-electron chi connectivity index (χ4n) is 1.34. The van der Waals surface area contributed by atoms with Gasteiger partial charge in [-0.15, -0.1) is 6.58 Å². The summed E-state index contributed by atoms with van der Waals surface area (Å²) < 4.78 is 0. The Bertz CT molecular complexity index is 358. The molecule has 0 aliphatic rings. The first kappa shape index (κ1) is 11.5. The zero-order chi connectivity index (χ0) is 11.3. The van der Waals surface area contributed by atoms with Gasteiger partial charge in [0.15, 0.2) is 0 Å². The number of hydrogen-bond acceptors (Lipinski definition) is 2. The summed E-state index contributed by atoms with van der Waals surface area (Å²) >= 11 is 0. The topological polar surface area (TPSA) is 32.3 Å². The van der Waals surface area contributed by atoms with E-state index in [1.807, 2.05) is 24.3 Å². The highest BCUT2D eigenvalue weighted by atomic mass is 16.2. The van der Waals surface area contributed by atoms with Crippen molar-refractivity contribution in [3.63, 3.8) is 0 Å². The number of hydrogen-bond donors (Lipinski definition) is 1. The fourth-order valence-corrected chi connectivity index (χ4v) is 1.34. The Hall–Kier alpha value is -1.61. The van der Waals surface area contributed by atoms with Crippen LogP contribution >= 0.6 is 0 Å². The molecule has 0 saturated carbocycles. The molecular weight excluding hydrogens is 188 g/mol. The van der Waals surface area contributed by atoms with E-state index >= 15 is 0 Å². The molecule has 0 aromatic heterocycles. The van der Waals surface area contributed by atoms with Crippen LogP contribution in [0, 0.1) is 0 Å². The van der Waals surface area contributed by atoms with E-state index in [0.29, 0.717) is 12.0 Å². The van der Waals surface area contributed by atoms with Crippen molar-refractivity contribution < 1.29 is 4.79 Å². The highest BCUT2D eigenvalue weighted by Crippen LogP contribution is 2.09. The molecule has 80 valence electrons. The second-order valence-corrected chi connectivity index (χ2v) is 3.49. The van der Waals surface area contributed by atoms with Crippen LogP contribution in [0.2, 0.25) is 0 Å². The first-order chi connectivity index (χ1) is 7.15. The molecule has 1 rings (SSSR count). The summed E-state index contributed by atoms with van der Waals surface area (Å²) in [4.78, 5) is 11.8. The summed E-state index contributed by atoms with van der Waals surface area (Å²) in [6.45, 7) is 3.68. The molecule has 0 unspecified atom stereocenters. The van der Waals surface area contributed by atoms with Gasteiger partial charge < -0.3 is 0 Å². The van der Waals surface area contributed by atoms with Crippen LogP contribution in [-0.2, 0) is 6.42 Å². The second-order valence-electron chi connectivity index (χ2n) is 3.49. The van der Waals surface area contributed by atoms with E-state index in [0.717, 1.165) is 5.56 Å². The highest BCUT2D eigenvalue weighted by Gasteiger charge is 2.09. The van der Waals surface area contributed by atoms with Gasteiger partial charge in [0, 0.05) is 19.7 Å². The molecule has 1 aromatic rings. The maximum absolute atomic E-state index is 11.8. The number of carbonyl (C=O) groups excluding carboxylic acids is 1. The quantitative estimate of drug-likeness (QED) is 0.597. The second kappa shape index (κ2) is 5.32. The van der Waals surface area contributed by atoms with Crippen molar-refractivity contribution in [2.45, 2.75) is 6.42 Å². The van der Waals surface area contributed by atoms with Crippen LogP contribution < -0.4 is 5.43 Å². The number of amides is 1. The third-order valence-electron chi connectivity index (χ3n) is 1.95. The average Bonchev–Trinajstić information content (AvgIpc) is 2.18. The number of allylic oxidation sites excluding steroid dienone is 1. The van der Waals surface area contributed by atoms with Gasteiger partial charge in [-0.05, 0) is 18.1 Å². The van der Waals surface area contributed by atoms with E-state index in [2.05, 4.69) is 12.0 Å². The van der Waals surface area contributed by atoms with Gasteiger partial charge in [0.2, 0.25) is 0 Å². The van der Waals surface area contributed by atoms with Crippen molar-refractivity contribution in [3.8, 4) is 0 Å². The summed E-state index contributed by atoms with van der Waals surface area (Å²) in [7, 11) is 3.57. The number of carbonyl (C=O) groups is 1. The maximum Gasteiger partial charge on any atom is 0.265 e. The Kier molecular flexibility index (Phi) is 4.06. The molecule has 0 heterocycles. The normalized spacial score (nSPS) is 10.1. The summed E-state index contributed by atoms with van der Waals surface area (Å²) in [6, 6.07) is 7.53. The van der Waals surface area contributed by atoms with Gasteiger partial charge in [0.1, 0.15) is 0 Å².